The van der Waals surface area contributed by atoms with E-state index in [9.17, 15) is 4.11 Å². The third-order valence-corrected chi connectivity index (χ3v) is 23.6. The lowest BCUT2D eigenvalue weighted by atomic mass is 10.1. The minimum atomic E-state index is -3.65. The molecule has 0 N–H and O–H groups in total. The van der Waals surface area contributed by atoms with E-state index in [1.807, 2.05) is 0 Å². The van der Waals surface area contributed by atoms with Gasteiger partial charge in [-0.05, 0) is 90.0 Å². The summed E-state index contributed by atoms with van der Waals surface area (Å²) in [5.74, 6) is 0. The standard InChI is InChI=1S/C66H48N2Si2/c1-7-25-51(26-8-1)69(52-27-9-2-10-28-52,53-29-11-3-12-30-53)57-45-50(46-58(48-57)70(54-31-13-4-14-32-54,55-33-15-5-16-34-55)56-35-17-6-18-36-56)68-65-42-24-21-39-61(65)62-47-49(43-44-66(62)68)67-63-40-22-19-37-59(63)60-38-20-23-41-64(60)67/h1-48H/i45D,46D,48D. The molecule has 330 valence electrons. The molecule has 0 saturated carbocycles. The SMILES string of the molecule is [2H]c1c(-n2c3ccccc3c3cc(-n4c5ccccc5c5ccccc54)ccc32)c([2H])c([Si](c2ccccc2)(c2ccccc2)c2ccccc2)c([2H])c1[Si](c1ccccc1)(c1ccccc1)c1ccccc1. The minimum absolute atomic E-state index is 0.188. The van der Waals surface area contributed by atoms with E-state index in [1.165, 1.54) is 10.8 Å². The van der Waals surface area contributed by atoms with Crippen molar-refractivity contribution in [1.82, 2.24) is 9.13 Å². The lowest BCUT2D eigenvalue weighted by molar-refractivity contribution is 1.17. The monoisotopic (exact) mass is 927 g/mol. The molecule has 2 nitrogen and oxygen atoms in total. The van der Waals surface area contributed by atoms with E-state index in [0.29, 0.717) is 16.1 Å². The zero-order valence-electron chi connectivity index (χ0n) is 41.4. The molecule has 13 rings (SSSR count). The zero-order chi connectivity index (χ0) is 49.1. The maximum absolute atomic E-state index is 11.3. The molecule has 70 heavy (non-hydrogen) atoms. The Morgan fingerprint density at radius 1 is 0.229 bits per heavy atom. The summed E-state index contributed by atoms with van der Waals surface area (Å²) in [5, 5.41) is 12.1. The van der Waals surface area contributed by atoms with Gasteiger partial charge in [-0.25, -0.2) is 0 Å². The van der Waals surface area contributed by atoms with Gasteiger partial charge in [-0.3, -0.25) is 0 Å². The normalized spacial score (nSPS) is 12.6. The van der Waals surface area contributed by atoms with Crippen LogP contribution in [0.4, 0.5) is 0 Å². The fourth-order valence-electron chi connectivity index (χ4n) is 11.5. The number of fused-ring (bicyclic) bond motifs is 6. The predicted molar refractivity (Wildman–Crippen MR) is 302 cm³/mol. The number of nitrogens with zero attached hydrogens (tertiary/aromatic N) is 2. The van der Waals surface area contributed by atoms with Crippen molar-refractivity contribution in [2.45, 2.75) is 0 Å². The predicted octanol–water partition coefficient (Wildman–Crippen LogP) is 10.6. The van der Waals surface area contributed by atoms with E-state index >= 15 is 0 Å². The molecule has 0 unspecified atom stereocenters. The summed E-state index contributed by atoms with van der Waals surface area (Å²) in [4.78, 5) is 0. The van der Waals surface area contributed by atoms with Crippen LogP contribution in [-0.2, 0) is 0 Å². The average Bonchev–Trinajstić information content (AvgIpc) is 3.97. The number of para-hydroxylation sites is 3. The van der Waals surface area contributed by atoms with E-state index in [2.05, 4.69) is 282 Å². The average molecular weight is 928 g/mol. The molecule has 0 amide bonds. The molecule has 0 bridgehead atoms. The molecule has 0 aliphatic rings. The molecular weight excluding hydrogens is 877 g/mol. The number of benzene rings is 11. The summed E-state index contributed by atoms with van der Waals surface area (Å²) in [6.45, 7) is 0. The highest BCUT2D eigenvalue weighted by Crippen LogP contribution is 2.37. The van der Waals surface area contributed by atoms with Crippen molar-refractivity contribution in [2.75, 3.05) is 0 Å². The highest BCUT2D eigenvalue weighted by atomic mass is 28.3. The zero-order valence-corrected chi connectivity index (χ0v) is 40.4. The van der Waals surface area contributed by atoms with Gasteiger partial charge in [0.15, 0.2) is 16.1 Å². The molecule has 11 aromatic carbocycles. The molecular formula is C66H48N2Si2. The first-order valence-electron chi connectivity index (χ1n) is 25.5. The van der Waals surface area contributed by atoms with Crippen molar-refractivity contribution in [1.29, 1.82) is 0 Å². The molecule has 0 spiro atoms. The van der Waals surface area contributed by atoms with Crippen LogP contribution in [-0.4, -0.2) is 25.3 Å². The smallest absolute Gasteiger partial charge is 0.179 e. The van der Waals surface area contributed by atoms with Gasteiger partial charge < -0.3 is 9.13 Å². The van der Waals surface area contributed by atoms with Gasteiger partial charge in [0, 0.05) is 32.9 Å². The molecule has 13 aromatic rings. The van der Waals surface area contributed by atoms with Gasteiger partial charge in [0.05, 0.1) is 26.2 Å². The first-order chi connectivity index (χ1) is 36.0. The van der Waals surface area contributed by atoms with Crippen molar-refractivity contribution < 1.29 is 4.11 Å². The van der Waals surface area contributed by atoms with Crippen LogP contribution in [0.25, 0.3) is 55.0 Å². The van der Waals surface area contributed by atoms with E-state index in [0.717, 1.165) is 69.6 Å². The first kappa shape index (κ1) is 38.4. The van der Waals surface area contributed by atoms with Gasteiger partial charge in [0.1, 0.15) is 0 Å². The van der Waals surface area contributed by atoms with Crippen LogP contribution < -0.4 is 41.5 Å². The lowest BCUT2D eigenvalue weighted by Crippen LogP contribution is -2.78. The summed E-state index contributed by atoms with van der Waals surface area (Å²) >= 11 is 0. The van der Waals surface area contributed by atoms with E-state index in [4.69, 9.17) is 0 Å². The summed E-state index contributed by atoms with van der Waals surface area (Å²) in [6, 6.07) is 96.8. The van der Waals surface area contributed by atoms with Gasteiger partial charge in [-0.15, -0.1) is 0 Å². The minimum Gasteiger partial charge on any atom is -0.309 e. The summed E-state index contributed by atoms with van der Waals surface area (Å²) in [6.07, 6.45) is 0. The largest absolute Gasteiger partial charge is 0.309 e. The number of rotatable bonds is 10. The number of aromatic nitrogens is 2. The second-order valence-corrected chi connectivity index (χ2v) is 25.6. The Kier molecular flexibility index (Phi) is 9.44. The van der Waals surface area contributed by atoms with Crippen molar-refractivity contribution >= 4 is 101 Å². The van der Waals surface area contributed by atoms with Gasteiger partial charge >= 0.3 is 0 Å². The molecule has 2 heterocycles. The van der Waals surface area contributed by atoms with E-state index < -0.39 is 16.1 Å². The third-order valence-electron chi connectivity index (χ3n) is 14.4. The molecule has 4 heteroatoms. The Labute approximate surface area is 414 Å². The maximum atomic E-state index is 11.3. The summed E-state index contributed by atoms with van der Waals surface area (Å²) in [7, 11) is -7.31. The van der Waals surface area contributed by atoms with Gasteiger partial charge in [0.25, 0.3) is 0 Å². The van der Waals surface area contributed by atoms with Gasteiger partial charge in [0.2, 0.25) is 0 Å². The van der Waals surface area contributed by atoms with Crippen LogP contribution in [0, 0.1) is 0 Å². The van der Waals surface area contributed by atoms with Crippen molar-refractivity contribution in [2.24, 2.45) is 0 Å². The topological polar surface area (TPSA) is 9.86 Å². The summed E-state index contributed by atoms with van der Waals surface area (Å²) in [5.41, 5.74) is 5.53. The fraction of sp³-hybridized carbons (Fsp3) is 0. The molecule has 0 aliphatic heterocycles. The molecule has 0 atom stereocenters. The lowest BCUT2D eigenvalue weighted by Gasteiger charge is -2.38. The molecule has 0 aliphatic carbocycles. The maximum Gasteiger partial charge on any atom is 0.179 e. The van der Waals surface area contributed by atoms with Crippen LogP contribution >= 0.6 is 0 Å². The van der Waals surface area contributed by atoms with Crippen LogP contribution in [0.2, 0.25) is 0 Å². The van der Waals surface area contributed by atoms with Gasteiger partial charge in [-0.1, -0.05) is 243 Å². The molecule has 2 aromatic heterocycles. The van der Waals surface area contributed by atoms with E-state index in [1.54, 1.807) is 0 Å². The van der Waals surface area contributed by atoms with Crippen molar-refractivity contribution in [3.63, 3.8) is 0 Å². The Morgan fingerprint density at radius 2 is 0.500 bits per heavy atom. The Balaban J connectivity index is 1.25. The Hall–Kier alpha value is -8.55. The molecule has 0 fully saturated rings. The Morgan fingerprint density at radius 3 is 0.843 bits per heavy atom. The molecule has 0 saturated heterocycles. The van der Waals surface area contributed by atoms with Crippen LogP contribution in [0.1, 0.15) is 4.11 Å². The quantitative estimate of drug-likeness (QED) is 0.0956. The van der Waals surface area contributed by atoms with E-state index in [-0.39, 0.29) is 18.1 Å². The van der Waals surface area contributed by atoms with Crippen LogP contribution in [0.3, 0.4) is 0 Å². The molecule has 0 radical (unpaired) electrons. The van der Waals surface area contributed by atoms with Crippen LogP contribution in [0.5, 0.6) is 0 Å². The summed E-state index contributed by atoms with van der Waals surface area (Å²) < 4.78 is 38.3. The van der Waals surface area contributed by atoms with Crippen molar-refractivity contribution in [3.8, 4) is 11.4 Å². The van der Waals surface area contributed by atoms with Crippen molar-refractivity contribution in [3.05, 3.63) is 291 Å². The second-order valence-electron chi connectivity index (χ2n) is 18.1. The first-order valence-corrected chi connectivity index (χ1v) is 28.0. The second kappa shape index (κ2) is 17.2. The fourth-order valence-corrected chi connectivity index (χ4v) is 20.7. The third kappa shape index (κ3) is 6.45. The van der Waals surface area contributed by atoms with Crippen LogP contribution in [0.15, 0.2) is 291 Å². The number of hydrogen-bond acceptors (Lipinski definition) is 0. The Bertz CT molecular complexity index is 3760. The number of hydrogen-bond donors (Lipinski definition) is 0. The highest BCUT2D eigenvalue weighted by Gasteiger charge is 2.46. The highest BCUT2D eigenvalue weighted by molar-refractivity contribution is 7.22. The van der Waals surface area contributed by atoms with Gasteiger partial charge in [-0.2, -0.15) is 0 Å².